The van der Waals surface area contributed by atoms with Gasteiger partial charge in [0.05, 0.1) is 10.2 Å². The molecule has 0 aromatic heterocycles. The molecule has 0 unspecified atom stereocenters. The molecule has 98 valence electrons. The molecule has 0 aliphatic carbocycles. The second kappa shape index (κ2) is 6.54. The minimum absolute atomic E-state index is 0.291. The van der Waals surface area contributed by atoms with Crippen molar-refractivity contribution < 1.29 is 4.79 Å². The van der Waals surface area contributed by atoms with Crippen LogP contribution in [0.3, 0.4) is 0 Å². The van der Waals surface area contributed by atoms with Crippen LogP contribution in [0.1, 0.15) is 0 Å². The number of nitrogens with one attached hydrogen (secondary N) is 2. The Morgan fingerprint density at radius 2 is 1.53 bits per heavy atom. The van der Waals surface area contributed by atoms with Crippen molar-refractivity contribution in [3.05, 3.63) is 55.9 Å². The molecule has 0 aliphatic rings. The molecular formula is C13H9Br3N2O. The lowest BCUT2D eigenvalue weighted by atomic mass is 10.3. The number of amides is 2. The zero-order valence-electron chi connectivity index (χ0n) is 9.58. The summed E-state index contributed by atoms with van der Waals surface area (Å²) in [7, 11) is 0. The Morgan fingerprint density at radius 1 is 0.842 bits per heavy atom. The minimum atomic E-state index is -0.291. The van der Waals surface area contributed by atoms with Crippen LogP contribution in [0.5, 0.6) is 0 Å². The first-order chi connectivity index (χ1) is 9.08. The summed E-state index contributed by atoms with van der Waals surface area (Å²) in [5.74, 6) is 0. The average molecular weight is 449 g/mol. The van der Waals surface area contributed by atoms with Gasteiger partial charge in [0.2, 0.25) is 0 Å². The topological polar surface area (TPSA) is 41.1 Å². The summed E-state index contributed by atoms with van der Waals surface area (Å²) >= 11 is 10.2. The molecule has 0 spiro atoms. The minimum Gasteiger partial charge on any atom is -0.308 e. The van der Waals surface area contributed by atoms with Crippen molar-refractivity contribution in [2.75, 3.05) is 10.6 Å². The van der Waals surface area contributed by atoms with E-state index in [-0.39, 0.29) is 6.03 Å². The standard InChI is InChI=1S/C13H9Br3N2O/c14-9-6-7-10(12(16)11(9)15)18-13(19)17-8-4-2-1-3-5-8/h1-7H,(H2,17,18,19). The number of halogens is 3. The van der Waals surface area contributed by atoms with Gasteiger partial charge in [-0.05, 0) is 72.1 Å². The molecule has 2 rings (SSSR count). The van der Waals surface area contributed by atoms with Crippen molar-refractivity contribution >= 4 is 65.2 Å². The lowest BCUT2D eigenvalue weighted by Gasteiger charge is -2.10. The van der Waals surface area contributed by atoms with Crippen LogP contribution < -0.4 is 10.6 Å². The fraction of sp³-hybridized carbons (Fsp3) is 0. The number of carbonyl (C=O) groups excluding carboxylic acids is 1. The van der Waals surface area contributed by atoms with Gasteiger partial charge in [-0.3, -0.25) is 0 Å². The van der Waals surface area contributed by atoms with Crippen molar-refractivity contribution in [1.29, 1.82) is 0 Å². The van der Waals surface area contributed by atoms with Crippen LogP contribution in [0.25, 0.3) is 0 Å². The highest BCUT2D eigenvalue weighted by atomic mass is 79.9. The summed E-state index contributed by atoms with van der Waals surface area (Å²) in [6.45, 7) is 0. The van der Waals surface area contributed by atoms with E-state index in [1.54, 1.807) is 0 Å². The molecule has 0 heterocycles. The van der Waals surface area contributed by atoms with E-state index in [9.17, 15) is 4.79 Å². The van der Waals surface area contributed by atoms with Crippen LogP contribution in [-0.2, 0) is 0 Å². The van der Waals surface area contributed by atoms with Crippen molar-refractivity contribution in [1.82, 2.24) is 0 Å². The Labute approximate surface area is 136 Å². The summed E-state index contributed by atoms with van der Waals surface area (Å²) in [6.07, 6.45) is 0. The third kappa shape index (κ3) is 3.81. The fourth-order valence-corrected chi connectivity index (χ4v) is 2.82. The first-order valence-electron chi connectivity index (χ1n) is 5.34. The highest BCUT2D eigenvalue weighted by Gasteiger charge is 2.10. The predicted octanol–water partition coefficient (Wildman–Crippen LogP) is 5.62. The number of carbonyl (C=O) groups is 1. The van der Waals surface area contributed by atoms with Crippen LogP contribution in [0.4, 0.5) is 16.2 Å². The molecule has 2 aromatic rings. The third-order valence-electron chi connectivity index (χ3n) is 2.32. The van der Waals surface area contributed by atoms with Crippen LogP contribution in [-0.4, -0.2) is 6.03 Å². The van der Waals surface area contributed by atoms with Crippen molar-refractivity contribution in [3.8, 4) is 0 Å². The predicted molar refractivity (Wildman–Crippen MR) is 88.6 cm³/mol. The van der Waals surface area contributed by atoms with E-state index in [4.69, 9.17) is 0 Å². The fourth-order valence-electron chi connectivity index (χ4n) is 1.43. The molecule has 2 N–H and O–H groups in total. The molecular weight excluding hydrogens is 440 g/mol. The highest BCUT2D eigenvalue weighted by Crippen LogP contribution is 2.36. The van der Waals surface area contributed by atoms with Crippen molar-refractivity contribution in [2.24, 2.45) is 0 Å². The van der Waals surface area contributed by atoms with Gasteiger partial charge in [0, 0.05) is 14.6 Å². The highest BCUT2D eigenvalue weighted by molar-refractivity contribution is 9.14. The Morgan fingerprint density at radius 3 is 2.21 bits per heavy atom. The number of hydrogen-bond donors (Lipinski definition) is 2. The van der Waals surface area contributed by atoms with Gasteiger partial charge in [-0.2, -0.15) is 0 Å². The number of hydrogen-bond acceptors (Lipinski definition) is 1. The molecule has 0 atom stereocenters. The first-order valence-corrected chi connectivity index (χ1v) is 7.72. The molecule has 3 nitrogen and oxygen atoms in total. The molecule has 19 heavy (non-hydrogen) atoms. The van der Waals surface area contributed by atoms with Gasteiger partial charge in [-0.25, -0.2) is 4.79 Å². The van der Waals surface area contributed by atoms with Crippen molar-refractivity contribution in [3.63, 3.8) is 0 Å². The zero-order valence-corrected chi connectivity index (χ0v) is 14.3. The number of benzene rings is 2. The molecule has 0 saturated carbocycles. The van der Waals surface area contributed by atoms with Gasteiger partial charge >= 0.3 is 6.03 Å². The average Bonchev–Trinajstić information content (AvgIpc) is 2.41. The van der Waals surface area contributed by atoms with Crippen LogP contribution in [0.15, 0.2) is 55.9 Å². The Balaban J connectivity index is 2.10. The Hall–Kier alpha value is -0.850. The summed E-state index contributed by atoms with van der Waals surface area (Å²) in [5, 5.41) is 5.53. The molecule has 0 saturated heterocycles. The molecule has 0 radical (unpaired) electrons. The lowest BCUT2D eigenvalue weighted by molar-refractivity contribution is 0.262. The second-order valence-corrected chi connectivity index (χ2v) is 6.11. The Bertz CT molecular complexity index is 602. The van der Waals surface area contributed by atoms with E-state index >= 15 is 0 Å². The summed E-state index contributed by atoms with van der Waals surface area (Å²) < 4.78 is 2.54. The van der Waals surface area contributed by atoms with E-state index < -0.39 is 0 Å². The maximum atomic E-state index is 11.9. The van der Waals surface area contributed by atoms with Crippen LogP contribution in [0, 0.1) is 0 Å². The molecule has 6 heteroatoms. The number of para-hydroxylation sites is 1. The largest absolute Gasteiger partial charge is 0.323 e. The smallest absolute Gasteiger partial charge is 0.308 e. The normalized spacial score (nSPS) is 10.1. The summed E-state index contributed by atoms with van der Waals surface area (Å²) in [4.78, 5) is 11.9. The monoisotopic (exact) mass is 446 g/mol. The molecule has 2 amide bonds. The quantitative estimate of drug-likeness (QED) is 0.575. The van der Waals surface area contributed by atoms with E-state index in [1.807, 2.05) is 42.5 Å². The zero-order chi connectivity index (χ0) is 13.8. The van der Waals surface area contributed by atoms with Gasteiger partial charge < -0.3 is 10.6 Å². The molecule has 0 fully saturated rings. The van der Waals surface area contributed by atoms with Gasteiger partial charge in [-0.15, -0.1) is 0 Å². The van der Waals surface area contributed by atoms with E-state index in [1.165, 1.54) is 0 Å². The van der Waals surface area contributed by atoms with Crippen molar-refractivity contribution in [2.45, 2.75) is 0 Å². The van der Waals surface area contributed by atoms with Crippen LogP contribution in [0.2, 0.25) is 0 Å². The SMILES string of the molecule is O=C(Nc1ccccc1)Nc1ccc(Br)c(Br)c1Br. The number of urea groups is 1. The summed E-state index contributed by atoms with van der Waals surface area (Å²) in [5.41, 5.74) is 1.43. The van der Waals surface area contributed by atoms with E-state index in [0.717, 1.165) is 19.1 Å². The maximum Gasteiger partial charge on any atom is 0.323 e. The number of anilines is 2. The van der Waals surface area contributed by atoms with Gasteiger partial charge in [0.1, 0.15) is 0 Å². The number of rotatable bonds is 2. The maximum absolute atomic E-state index is 11.9. The lowest BCUT2D eigenvalue weighted by Crippen LogP contribution is -2.19. The molecule has 0 aliphatic heterocycles. The first kappa shape index (κ1) is 14.6. The molecule has 2 aromatic carbocycles. The second-order valence-electron chi connectivity index (χ2n) is 3.67. The molecule has 0 bridgehead atoms. The van der Waals surface area contributed by atoms with Crippen LogP contribution >= 0.6 is 47.8 Å². The van der Waals surface area contributed by atoms with E-state index in [2.05, 4.69) is 58.4 Å². The van der Waals surface area contributed by atoms with Gasteiger partial charge in [-0.1, -0.05) is 18.2 Å². The summed E-state index contributed by atoms with van der Waals surface area (Å²) in [6, 6.07) is 12.6. The van der Waals surface area contributed by atoms with Gasteiger partial charge in [0.15, 0.2) is 0 Å². The van der Waals surface area contributed by atoms with E-state index in [0.29, 0.717) is 5.69 Å². The Kier molecular flexibility index (Phi) is 5.01. The third-order valence-corrected chi connectivity index (χ3v) is 5.69. The van der Waals surface area contributed by atoms with Gasteiger partial charge in [0.25, 0.3) is 0 Å².